The summed E-state index contributed by atoms with van der Waals surface area (Å²) < 4.78 is 71.0. The third-order valence-corrected chi connectivity index (χ3v) is 10.2. The van der Waals surface area contributed by atoms with Crippen LogP contribution >= 0.6 is 0 Å². The van der Waals surface area contributed by atoms with Crippen molar-refractivity contribution in [3.63, 3.8) is 0 Å². The number of sulfone groups is 1. The molecule has 0 saturated heterocycles. The molecule has 13 heteroatoms. The molecule has 2 amide bonds. The molecule has 2 saturated carbocycles. The van der Waals surface area contributed by atoms with E-state index in [9.17, 15) is 31.2 Å². The maximum atomic E-state index is 13.4. The fourth-order valence-electron chi connectivity index (χ4n) is 5.83. The monoisotopic (exact) mass is 620 g/mol. The second-order valence-electron chi connectivity index (χ2n) is 11.4. The van der Waals surface area contributed by atoms with Gasteiger partial charge in [-0.2, -0.15) is 13.2 Å². The number of carbonyl (C=O) groups is 2. The van der Waals surface area contributed by atoms with Crippen molar-refractivity contribution in [2.45, 2.75) is 75.0 Å². The van der Waals surface area contributed by atoms with E-state index in [1.807, 2.05) is 6.07 Å². The summed E-state index contributed by atoms with van der Waals surface area (Å²) in [6.07, 6.45) is -1.28. The molecule has 3 N–H and O–H groups in total. The molecule has 2 aliphatic rings. The Kier molecular flexibility index (Phi) is 8.73. The zero-order chi connectivity index (χ0) is 30.9. The molecule has 3 aromatic rings. The van der Waals surface area contributed by atoms with Crippen LogP contribution in [0.5, 0.6) is 0 Å². The van der Waals surface area contributed by atoms with Crippen LogP contribution in [0.1, 0.15) is 79.3 Å². The summed E-state index contributed by atoms with van der Waals surface area (Å²) in [5, 5.41) is 2.83. The third-order valence-electron chi connectivity index (χ3n) is 8.44. The van der Waals surface area contributed by atoms with Crippen LogP contribution in [-0.4, -0.2) is 48.5 Å². The molecule has 1 unspecified atom stereocenters. The summed E-state index contributed by atoms with van der Waals surface area (Å²) in [5.74, 6) is -0.789. The number of alkyl halides is 3. The van der Waals surface area contributed by atoms with Crippen LogP contribution in [0.25, 0.3) is 11.0 Å². The highest BCUT2D eigenvalue weighted by Gasteiger charge is 2.41. The van der Waals surface area contributed by atoms with Crippen molar-refractivity contribution in [1.82, 2.24) is 14.9 Å². The van der Waals surface area contributed by atoms with E-state index in [1.165, 1.54) is 12.1 Å². The lowest BCUT2D eigenvalue weighted by molar-refractivity contribution is -0.183. The number of aromatic nitrogens is 2. The molecule has 1 aromatic heterocycles. The first-order valence-corrected chi connectivity index (χ1v) is 16.1. The van der Waals surface area contributed by atoms with Gasteiger partial charge in [0.05, 0.1) is 33.6 Å². The number of fused-ring (bicyclic) bond motifs is 1. The van der Waals surface area contributed by atoms with Gasteiger partial charge in [0, 0.05) is 18.0 Å². The van der Waals surface area contributed by atoms with Gasteiger partial charge >= 0.3 is 12.3 Å². The second-order valence-corrected chi connectivity index (χ2v) is 13.7. The highest BCUT2D eigenvalue weighted by molar-refractivity contribution is 7.91. The SMILES string of the molecule is CCS(=O)(=O)c1ccc(C(COC(N)=O)NC(=O)c2ccc3c(c2)nc(CC2CCC(C(F)(F)F)CC2)n3C2CC2)cc1. The van der Waals surface area contributed by atoms with Gasteiger partial charge in [-0.3, -0.25) is 4.79 Å². The topological polar surface area (TPSA) is 133 Å². The van der Waals surface area contributed by atoms with Gasteiger partial charge in [0.2, 0.25) is 0 Å². The largest absolute Gasteiger partial charge is 0.447 e. The van der Waals surface area contributed by atoms with Crippen molar-refractivity contribution in [3.8, 4) is 0 Å². The summed E-state index contributed by atoms with van der Waals surface area (Å²) in [6.45, 7) is 1.28. The highest BCUT2D eigenvalue weighted by atomic mass is 32.2. The number of ether oxygens (including phenoxy) is 1. The number of carbonyl (C=O) groups excluding carboxylic acids is 2. The van der Waals surface area contributed by atoms with Gasteiger partial charge in [-0.25, -0.2) is 18.2 Å². The summed E-state index contributed by atoms with van der Waals surface area (Å²) in [5.41, 5.74) is 7.48. The molecule has 0 bridgehead atoms. The summed E-state index contributed by atoms with van der Waals surface area (Å²) in [4.78, 5) is 29.6. The first kappa shape index (κ1) is 30.8. The lowest BCUT2D eigenvalue weighted by Crippen LogP contribution is -2.33. The van der Waals surface area contributed by atoms with Gasteiger partial charge in [0.15, 0.2) is 9.84 Å². The smallest absolute Gasteiger partial charge is 0.404 e. The fraction of sp³-hybridized carbons (Fsp3) is 0.500. The Morgan fingerprint density at radius 1 is 1.07 bits per heavy atom. The van der Waals surface area contributed by atoms with Gasteiger partial charge in [0.1, 0.15) is 12.4 Å². The van der Waals surface area contributed by atoms with Crippen LogP contribution in [0.15, 0.2) is 47.4 Å². The molecular weight excluding hydrogens is 585 g/mol. The molecule has 2 fully saturated rings. The van der Waals surface area contributed by atoms with Gasteiger partial charge in [0.25, 0.3) is 5.91 Å². The number of nitrogens with zero attached hydrogens (tertiary/aromatic N) is 2. The van der Waals surface area contributed by atoms with Crippen LogP contribution in [0, 0.1) is 11.8 Å². The van der Waals surface area contributed by atoms with Gasteiger partial charge in [-0.05, 0) is 80.3 Å². The Balaban J connectivity index is 1.35. The zero-order valence-electron chi connectivity index (χ0n) is 23.8. The molecule has 5 rings (SSSR count). The molecular formula is C30H35F3N4O5S. The molecule has 0 spiro atoms. The molecule has 232 valence electrons. The van der Waals surface area contributed by atoms with Crippen LogP contribution < -0.4 is 11.1 Å². The van der Waals surface area contributed by atoms with Gasteiger partial charge in [-0.15, -0.1) is 0 Å². The van der Waals surface area contributed by atoms with Crippen molar-refractivity contribution >= 4 is 32.9 Å². The molecule has 2 aliphatic carbocycles. The second kappa shape index (κ2) is 12.2. The minimum absolute atomic E-state index is 0.0584. The lowest BCUT2D eigenvalue weighted by Gasteiger charge is -2.29. The normalized spacial score (nSPS) is 20.1. The average Bonchev–Trinajstić information content (AvgIpc) is 3.75. The van der Waals surface area contributed by atoms with Crippen LogP contribution in [-0.2, 0) is 21.0 Å². The highest BCUT2D eigenvalue weighted by Crippen LogP contribution is 2.43. The Labute approximate surface area is 247 Å². The average molecular weight is 621 g/mol. The van der Waals surface area contributed by atoms with Crippen molar-refractivity contribution in [3.05, 3.63) is 59.4 Å². The summed E-state index contributed by atoms with van der Waals surface area (Å²) in [7, 11) is -3.42. The number of halogens is 3. The number of benzene rings is 2. The Morgan fingerprint density at radius 3 is 2.33 bits per heavy atom. The number of hydrogen-bond acceptors (Lipinski definition) is 6. The Morgan fingerprint density at radius 2 is 1.74 bits per heavy atom. The van der Waals surface area contributed by atoms with E-state index >= 15 is 0 Å². The van der Waals surface area contributed by atoms with Crippen LogP contribution in [0.2, 0.25) is 0 Å². The summed E-state index contributed by atoms with van der Waals surface area (Å²) in [6, 6.07) is 10.6. The van der Waals surface area contributed by atoms with Crippen molar-refractivity contribution < 1.29 is 35.9 Å². The summed E-state index contributed by atoms with van der Waals surface area (Å²) >= 11 is 0. The fourth-order valence-corrected chi connectivity index (χ4v) is 6.71. The van der Waals surface area contributed by atoms with E-state index in [0.717, 1.165) is 24.2 Å². The van der Waals surface area contributed by atoms with Crippen molar-refractivity contribution in [2.24, 2.45) is 17.6 Å². The maximum Gasteiger partial charge on any atom is 0.404 e. The lowest BCUT2D eigenvalue weighted by atomic mass is 9.80. The molecule has 2 aromatic carbocycles. The van der Waals surface area contributed by atoms with Crippen molar-refractivity contribution in [2.75, 3.05) is 12.4 Å². The number of imidazole rings is 1. The zero-order valence-corrected chi connectivity index (χ0v) is 24.6. The minimum atomic E-state index is -4.15. The quantitative estimate of drug-likeness (QED) is 0.301. The Bertz CT molecular complexity index is 1590. The van der Waals surface area contributed by atoms with E-state index in [4.69, 9.17) is 15.5 Å². The van der Waals surface area contributed by atoms with E-state index in [0.29, 0.717) is 41.9 Å². The number of primary amides is 1. The molecule has 0 aliphatic heterocycles. The number of hydrogen-bond donors (Lipinski definition) is 2. The number of nitrogens with one attached hydrogen (secondary N) is 1. The minimum Gasteiger partial charge on any atom is -0.447 e. The first-order chi connectivity index (χ1) is 20.4. The van der Waals surface area contributed by atoms with E-state index in [-0.39, 0.29) is 36.0 Å². The maximum absolute atomic E-state index is 13.4. The molecule has 0 radical (unpaired) electrons. The van der Waals surface area contributed by atoms with E-state index in [2.05, 4.69) is 9.88 Å². The van der Waals surface area contributed by atoms with Gasteiger partial charge in [-0.1, -0.05) is 19.1 Å². The molecule has 1 heterocycles. The first-order valence-electron chi connectivity index (χ1n) is 14.5. The Hall–Kier alpha value is -3.61. The van der Waals surface area contributed by atoms with Gasteiger partial charge < -0.3 is 20.4 Å². The number of amides is 2. The molecule has 43 heavy (non-hydrogen) atoms. The third kappa shape index (κ3) is 7.14. The number of rotatable bonds is 10. The molecule has 9 nitrogen and oxygen atoms in total. The standard InChI is InChI=1S/C30H35F3N4O5S/c1-2-43(40,41)23-12-5-19(6-13-23)25(17-42-29(34)39)36-28(38)20-7-14-26-24(16-20)35-27(37(26)22-10-11-22)15-18-3-8-21(9-4-18)30(31,32)33/h5-7,12-14,16,18,21-22,25H,2-4,8-11,15,17H2,1H3,(H2,34,39)(H,36,38). The van der Waals surface area contributed by atoms with E-state index in [1.54, 1.807) is 31.2 Å². The predicted octanol–water partition coefficient (Wildman–Crippen LogP) is 5.64. The van der Waals surface area contributed by atoms with Crippen LogP contribution in [0.3, 0.4) is 0 Å². The van der Waals surface area contributed by atoms with Crippen molar-refractivity contribution in [1.29, 1.82) is 0 Å². The number of nitrogens with two attached hydrogens (primary N) is 1. The predicted molar refractivity (Wildman–Crippen MR) is 153 cm³/mol. The van der Waals surface area contributed by atoms with E-state index < -0.39 is 40.0 Å². The molecule has 1 atom stereocenters. The van der Waals surface area contributed by atoms with Crippen LogP contribution in [0.4, 0.5) is 18.0 Å².